The van der Waals surface area contributed by atoms with Gasteiger partial charge in [-0.3, -0.25) is 9.59 Å². The second-order valence-electron chi connectivity index (χ2n) is 16.3. The Morgan fingerprint density at radius 3 is 2.12 bits per heavy atom. The van der Waals surface area contributed by atoms with Crippen molar-refractivity contribution in [2.45, 2.75) is 90.8 Å². The summed E-state index contributed by atoms with van der Waals surface area (Å²) in [6.45, 7) is 10.3. The highest BCUT2D eigenvalue weighted by atomic mass is 16.5. The van der Waals surface area contributed by atoms with E-state index < -0.39 is 18.2 Å². The van der Waals surface area contributed by atoms with Gasteiger partial charge in [-0.2, -0.15) is 0 Å². The highest BCUT2D eigenvalue weighted by Crippen LogP contribution is 2.56. The zero-order chi connectivity index (χ0) is 40.5. The highest BCUT2D eigenvalue weighted by molar-refractivity contribution is 5.86. The van der Waals surface area contributed by atoms with Gasteiger partial charge in [0.15, 0.2) is 0 Å². The number of rotatable bonds is 10. The van der Waals surface area contributed by atoms with E-state index in [0.29, 0.717) is 12.5 Å². The number of methoxy groups -OCH3 is 2. The van der Waals surface area contributed by atoms with E-state index in [1.807, 2.05) is 45.0 Å². The second-order valence-corrected chi connectivity index (χ2v) is 16.3. The number of ether oxygens (including phenoxy) is 2. The molecule has 2 aliphatic carbocycles. The molecular weight excluding hydrogens is 725 g/mol. The van der Waals surface area contributed by atoms with Crippen LogP contribution in [0.2, 0.25) is 0 Å². The van der Waals surface area contributed by atoms with Crippen molar-refractivity contribution in [1.82, 2.24) is 40.6 Å². The minimum absolute atomic E-state index is 0.0516. The van der Waals surface area contributed by atoms with Crippen LogP contribution < -0.4 is 10.7 Å². The van der Waals surface area contributed by atoms with Gasteiger partial charge < -0.3 is 29.7 Å². The van der Waals surface area contributed by atoms with E-state index in [1.54, 1.807) is 0 Å². The lowest BCUT2D eigenvalue weighted by atomic mass is 9.78. The first-order chi connectivity index (χ1) is 27.4. The van der Waals surface area contributed by atoms with Crippen LogP contribution in [0.4, 0.5) is 9.59 Å². The maximum atomic E-state index is 13.9. The van der Waals surface area contributed by atoms with Crippen LogP contribution >= 0.6 is 0 Å². The molecule has 1 aliphatic heterocycles. The standard InChI is InChI=1S/C43H54N8O6/c1-23(2)37(48-42(54)56-6)41(53)50-18-8-9-34(50)38-44-22-33(46-38)28-16-17-31(25(5)19-28)26-10-12-27(13-11-26)32-21-45-39(47-32)35-29-14-15-30(20-29)36(35)40(52)51(24(3)4)49-43(55)57-7/h10-13,16-17,19,21-24,29-30,34-37H,8-9,14-15,18,20H2,1-7H3,(H,44,46)(H,45,47)(H,48,54)(H,49,55)/t29?,30?,34-,35-,36-,37-/m0/s1. The van der Waals surface area contributed by atoms with Gasteiger partial charge in [-0.15, -0.1) is 0 Å². The third kappa shape index (κ3) is 7.86. The molecule has 6 atom stereocenters. The van der Waals surface area contributed by atoms with Crippen LogP contribution in [-0.4, -0.2) is 86.7 Å². The zero-order valence-corrected chi connectivity index (χ0v) is 33.8. The quantitative estimate of drug-likeness (QED) is 0.123. The van der Waals surface area contributed by atoms with Crippen LogP contribution in [0.15, 0.2) is 54.9 Å². The first kappa shape index (κ1) is 39.6. The Morgan fingerprint density at radius 2 is 1.46 bits per heavy atom. The molecule has 2 aromatic carbocycles. The van der Waals surface area contributed by atoms with Crippen LogP contribution in [0.1, 0.15) is 89.0 Å². The smallest absolute Gasteiger partial charge is 0.425 e. The van der Waals surface area contributed by atoms with E-state index in [-0.39, 0.29) is 47.6 Å². The van der Waals surface area contributed by atoms with Gasteiger partial charge in [0.05, 0.1) is 50.0 Å². The SMILES string of the molecule is COC(=O)N[C@H](C(=O)N1CCC[C@H]1c1ncc(-c2ccc(-c3ccc(-c4cnc([C@H]5C6CCC(C6)[C@@H]5C(=O)N(NC(=O)OC)C(C)C)[nH]4)cc3)c(C)c2)[nH]1)C(C)C. The van der Waals surface area contributed by atoms with E-state index in [2.05, 4.69) is 70.1 Å². The number of aryl methyl sites for hydroxylation is 1. The predicted molar refractivity (Wildman–Crippen MR) is 214 cm³/mol. The predicted octanol–water partition coefficient (Wildman–Crippen LogP) is 7.12. The Balaban J connectivity index is 1.04. The first-order valence-corrected chi connectivity index (χ1v) is 20.0. The number of aromatic nitrogens is 4. The van der Waals surface area contributed by atoms with Crippen LogP contribution in [0.25, 0.3) is 33.6 Å². The van der Waals surface area contributed by atoms with Crippen LogP contribution in [0, 0.1) is 30.6 Å². The number of carbonyl (C=O) groups is 4. The van der Waals surface area contributed by atoms with Crippen molar-refractivity contribution in [2.75, 3.05) is 20.8 Å². The second kappa shape index (κ2) is 16.4. The molecule has 3 aliphatic rings. The lowest BCUT2D eigenvalue weighted by Gasteiger charge is -2.35. The molecule has 14 nitrogen and oxygen atoms in total. The van der Waals surface area contributed by atoms with E-state index in [0.717, 1.165) is 83.0 Å². The Morgan fingerprint density at radius 1 is 0.825 bits per heavy atom. The van der Waals surface area contributed by atoms with E-state index in [4.69, 9.17) is 19.4 Å². The Bertz CT molecular complexity index is 2110. The Labute approximate surface area is 333 Å². The van der Waals surface area contributed by atoms with E-state index >= 15 is 0 Å². The summed E-state index contributed by atoms with van der Waals surface area (Å²) >= 11 is 0. The number of H-pyrrole nitrogens is 2. The number of nitrogens with one attached hydrogen (secondary N) is 4. The first-order valence-electron chi connectivity index (χ1n) is 20.0. The Kier molecular flexibility index (Phi) is 11.4. The fourth-order valence-electron chi connectivity index (χ4n) is 9.27. The maximum Gasteiger partial charge on any atom is 0.425 e. The van der Waals surface area contributed by atoms with Crippen LogP contribution in [0.3, 0.4) is 0 Å². The van der Waals surface area contributed by atoms with Gasteiger partial charge >= 0.3 is 12.2 Å². The monoisotopic (exact) mass is 778 g/mol. The summed E-state index contributed by atoms with van der Waals surface area (Å²) in [5, 5.41) is 4.12. The number of hydrazine groups is 1. The number of amides is 4. The summed E-state index contributed by atoms with van der Waals surface area (Å²) in [6.07, 6.45) is 7.06. The van der Waals surface area contributed by atoms with Gasteiger partial charge in [0.1, 0.15) is 17.7 Å². The molecule has 2 unspecified atom stereocenters. The number of benzene rings is 2. The number of alkyl carbamates (subject to hydrolysis) is 1. The molecule has 57 heavy (non-hydrogen) atoms. The average molecular weight is 779 g/mol. The van der Waals surface area contributed by atoms with Gasteiger partial charge in [-0.1, -0.05) is 50.2 Å². The van der Waals surface area contributed by atoms with Crippen molar-refractivity contribution >= 4 is 24.0 Å². The van der Waals surface area contributed by atoms with Gasteiger partial charge in [-0.25, -0.2) is 30.0 Å². The summed E-state index contributed by atoms with van der Waals surface area (Å²) in [6, 6.07) is 13.6. The molecule has 3 fully saturated rings. The normalized spacial score (nSPS) is 21.8. The molecule has 0 radical (unpaired) electrons. The van der Waals surface area contributed by atoms with Crippen LogP contribution in [0.5, 0.6) is 0 Å². The average Bonchev–Trinajstić information content (AvgIpc) is 4.06. The molecule has 14 heteroatoms. The van der Waals surface area contributed by atoms with Crippen LogP contribution in [-0.2, 0) is 19.1 Å². The number of likely N-dealkylation sites (tertiary alicyclic amines) is 1. The van der Waals surface area contributed by atoms with Gasteiger partial charge in [-0.05, 0) is 105 Å². The van der Waals surface area contributed by atoms with Crippen molar-refractivity contribution in [3.05, 3.63) is 72.1 Å². The number of fused-ring (bicyclic) bond motifs is 2. The van der Waals surface area contributed by atoms with E-state index in [9.17, 15) is 19.2 Å². The third-order valence-corrected chi connectivity index (χ3v) is 12.1. The molecule has 2 saturated carbocycles. The number of hydrogen-bond acceptors (Lipinski definition) is 8. The van der Waals surface area contributed by atoms with Crippen molar-refractivity contribution in [3.8, 4) is 33.6 Å². The number of nitrogens with zero attached hydrogens (tertiary/aromatic N) is 4. The van der Waals surface area contributed by atoms with Crippen molar-refractivity contribution in [1.29, 1.82) is 0 Å². The summed E-state index contributed by atoms with van der Waals surface area (Å²) in [5.41, 5.74) is 9.69. The van der Waals surface area contributed by atoms with Gasteiger partial charge in [0.2, 0.25) is 11.8 Å². The fourth-order valence-corrected chi connectivity index (χ4v) is 9.27. The number of aromatic amines is 2. The molecule has 4 aromatic rings. The van der Waals surface area contributed by atoms with E-state index in [1.165, 1.54) is 19.2 Å². The van der Waals surface area contributed by atoms with Crippen molar-refractivity contribution in [3.63, 3.8) is 0 Å². The lowest BCUT2D eigenvalue weighted by Crippen LogP contribution is -2.53. The lowest BCUT2D eigenvalue weighted by molar-refractivity contribution is -0.143. The molecule has 4 amide bonds. The molecule has 2 aromatic heterocycles. The summed E-state index contributed by atoms with van der Waals surface area (Å²) in [7, 11) is 2.58. The van der Waals surface area contributed by atoms with Crippen molar-refractivity contribution < 1.29 is 28.7 Å². The minimum Gasteiger partial charge on any atom is -0.453 e. The molecule has 7 rings (SSSR count). The number of carbonyl (C=O) groups excluding carboxylic acids is 4. The van der Waals surface area contributed by atoms with Gasteiger partial charge in [0.25, 0.3) is 0 Å². The Hall–Kier alpha value is -5.66. The third-order valence-electron chi connectivity index (χ3n) is 12.1. The summed E-state index contributed by atoms with van der Waals surface area (Å²) in [4.78, 5) is 70.0. The number of imidazole rings is 2. The van der Waals surface area contributed by atoms with Gasteiger partial charge in [0, 0.05) is 18.5 Å². The molecule has 0 spiro atoms. The fraction of sp³-hybridized carbons (Fsp3) is 0.488. The summed E-state index contributed by atoms with van der Waals surface area (Å²) < 4.78 is 9.56. The van der Waals surface area contributed by atoms with Crippen molar-refractivity contribution in [2.24, 2.45) is 23.7 Å². The number of hydrogen-bond donors (Lipinski definition) is 4. The summed E-state index contributed by atoms with van der Waals surface area (Å²) in [5.74, 6) is 1.49. The largest absolute Gasteiger partial charge is 0.453 e. The topological polar surface area (TPSA) is 175 Å². The molecule has 4 N–H and O–H groups in total. The minimum atomic E-state index is -0.689. The zero-order valence-electron chi connectivity index (χ0n) is 33.8. The molecule has 3 heterocycles. The molecule has 2 bridgehead atoms. The molecular formula is C43H54N8O6. The maximum absolute atomic E-state index is 13.9. The highest BCUT2D eigenvalue weighted by Gasteiger charge is 2.54. The molecule has 302 valence electrons. The molecule has 1 saturated heterocycles.